The van der Waals surface area contributed by atoms with Gasteiger partial charge in [0.25, 0.3) is 5.97 Å². The van der Waals surface area contributed by atoms with E-state index in [1.165, 1.54) is 54.4 Å². The van der Waals surface area contributed by atoms with Crippen molar-refractivity contribution in [3.8, 4) is 16.9 Å². The minimum absolute atomic E-state index is 0.122. The maximum Gasteiger partial charge on any atom is 0.300 e. The topological polar surface area (TPSA) is 79.2 Å². The molecule has 1 saturated heterocycles. The van der Waals surface area contributed by atoms with Crippen LogP contribution in [0.25, 0.3) is 11.1 Å². The molecule has 4 rings (SSSR count). The summed E-state index contributed by atoms with van der Waals surface area (Å²) in [6.07, 6.45) is 3.47. The van der Waals surface area contributed by atoms with Gasteiger partial charge in [0, 0.05) is 38.4 Å². The molecule has 0 aliphatic carbocycles. The number of carboxylic acids is 1. The molecule has 0 aromatic heterocycles. The molecule has 0 atom stereocenters. The Morgan fingerprint density at radius 2 is 1.65 bits per heavy atom. The van der Waals surface area contributed by atoms with Crippen LogP contribution in [0.3, 0.4) is 0 Å². The molecule has 0 saturated carbocycles. The molecule has 0 radical (unpaired) electrons. The number of rotatable bonds is 7. The van der Waals surface area contributed by atoms with Crippen LogP contribution in [0.15, 0.2) is 60.7 Å². The number of nitrogens with zero attached hydrogens (tertiary/aromatic N) is 1. The smallest absolute Gasteiger partial charge is 0.300 e. The standard InChI is InChI=1S/C25H26FNO.C3H8O2.C2H4O2/c1-18-15-21(24-17-23(28-2)11-12-25(24)26)8-7-20(18)16-19-5-9-22(10-6-19)27-13-3-4-14-27;1-5-3-2-4;1-2(3)4/h5-12,15,17H,3-4,13-14,16H2,1-2H3;4H,2-3H2,1H3;1H3,(H,3,4). The van der Waals surface area contributed by atoms with Crippen molar-refractivity contribution in [3.63, 3.8) is 0 Å². The van der Waals surface area contributed by atoms with Crippen molar-refractivity contribution in [2.45, 2.75) is 33.1 Å². The first-order valence-corrected chi connectivity index (χ1v) is 12.4. The first-order chi connectivity index (χ1) is 17.8. The number of carbonyl (C=O) groups is 1. The van der Waals surface area contributed by atoms with E-state index in [9.17, 15) is 4.39 Å². The minimum Gasteiger partial charge on any atom is -0.497 e. The van der Waals surface area contributed by atoms with Crippen molar-refractivity contribution in [3.05, 3.63) is 83.2 Å². The fraction of sp³-hybridized carbons (Fsp3) is 0.367. The van der Waals surface area contributed by atoms with E-state index in [1.54, 1.807) is 26.4 Å². The number of benzene rings is 3. The predicted octanol–water partition coefficient (Wildman–Crippen LogP) is 5.72. The van der Waals surface area contributed by atoms with Gasteiger partial charge in [-0.2, -0.15) is 0 Å². The third-order valence-corrected chi connectivity index (χ3v) is 5.92. The second-order valence-corrected chi connectivity index (χ2v) is 8.76. The van der Waals surface area contributed by atoms with E-state index in [1.807, 2.05) is 6.07 Å². The Bertz CT molecular complexity index is 1110. The molecule has 0 spiro atoms. The molecule has 1 aliphatic rings. The van der Waals surface area contributed by atoms with Crippen molar-refractivity contribution < 1.29 is 28.9 Å². The van der Waals surface area contributed by atoms with Crippen LogP contribution in [0.5, 0.6) is 5.75 Å². The molecule has 3 aromatic carbocycles. The number of ether oxygens (including phenoxy) is 2. The number of aliphatic carboxylic acids is 1. The summed E-state index contributed by atoms with van der Waals surface area (Å²) in [5.41, 5.74) is 6.50. The van der Waals surface area contributed by atoms with Crippen LogP contribution < -0.4 is 9.64 Å². The summed E-state index contributed by atoms with van der Waals surface area (Å²) >= 11 is 0. The molecular weight excluding hydrogens is 473 g/mol. The molecule has 2 N–H and O–H groups in total. The van der Waals surface area contributed by atoms with Gasteiger partial charge in [0.1, 0.15) is 11.6 Å². The molecule has 6 nitrogen and oxygen atoms in total. The van der Waals surface area contributed by atoms with E-state index in [0.29, 0.717) is 17.9 Å². The lowest BCUT2D eigenvalue weighted by atomic mass is 9.95. The largest absolute Gasteiger partial charge is 0.497 e. The molecule has 0 bridgehead atoms. The zero-order chi connectivity index (χ0) is 27.2. The Kier molecular flexibility index (Phi) is 12.6. The van der Waals surface area contributed by atoms with Crippen LogP contribution in [0.4, 0.5) is 10.1 Å². The molecular formula is C30H38FNO5. The van der Waals surface area contributed by atoms with Gasteiger partial charge in [-0.15, -0.1) is 0 Å². The Labute approximate surface area is 219 Å². The Balaban J connectivity index is 0.000000464. The number of anilines is 1. The molecule has 1 fully saturated rings. The van der Waals surface area contributed by atoms with Crippen molar-refractivity contribution in [2.75, 3.05) is 45.4 Å². The first kappa shape index (κ1) is 29.8. The van der Waals surface area contributed by atoms with Gasteiger partial charge >= 0.3 is 0 Å². The van der Waals surface area contributed by atoms with Crippen LogP contribution in [0, 0.1) is 12.7 Å². The number of halogens is 1. The van der Waals surface area contributed by atoms with Crippen LogP contribution in [-0.4, -0.2) is 56.7 Å². The monoisotopic (exact) mass is 511 g/mol. The van der Waals surface area contributed by atoms with Gasteiger partial charge in [-0.1, -0.05) is 30.3 Å². The zero-order valence-corrected chi connectivity index (χ0v) is 22.2. The van der Waals surface area contributed by atoms with Crippen LogP contribution >= 0.6 is 0 Å². The van der Waals surface area contributed by atoms with E-state index in [2.05, 4.69) is 53.0 Å². The fourth-order valence-electron chi connectivity index (χ4n) is 4.03. The number of aryl methyl sites for hydroxylation is 1. The van der Waals surface area contributed by atoms with E-state index >= 15 is 0 Å². The van der Waals surface area contributed by atoms with Gasteiger partial charge in [-0.05, 0) is 78.8 Å². The number of hydrogen-bond donors (Lipinski definition) is 2. The number of carboxylic acid groups (broad SMARTS) is 1. The van der Waals surface area contributed by atoms with Gasteiger partial charge < -0.3 is 24.6 Å². The lowest BCUT2D eigenvalue weighted by Crippen LogP contribution is -2.17. The van der Waals surface area contributed by atoms with Gasteiger partial charge in [0.2, 0.25) is 0 Å². The third-order valence-electron chi connectivity index (χ3n) is 5.92. The maximum atomic E-state index is 14.3. The van der Waals surface area contributed by atoms with Crippen molar-refractivity contribution >= 4 is 11.7 Å². The van der Waals surface area contributed by atoms with Crippen molar-refractivity contribution in [1.29, 1.82) is 0 Å². The van der Waals surface area contributed by atoms with Gasteiger partial charge in [-0.3, -0.25) is 4.79 Å². The minimum atomic E-state index is -0.833. The molecule has 1 heterocycles. The van der Waals surface area contributed by atoms with Crippen LogP contribution in [-0.2, 0) is 16.0 Å². The van der Waals surface area contributed by atoms with E-state index in [-0.39, 0.29) is 12.4 Å². The molecule has 0 unspecified atom stereocenters. The quantitative estimate of drug-likeness (QED) is 0.423. The van der Waals surface area contributed by atoms with Crippen LogP contribution in [0.1, 0.15) is 36.5 Å². The van der Waals surface area contributed by atoms with Gasteiger partial charge in [0.15, 0.2) is 0 Å². The van der Waals surface area contributed by atoms with E-state index in [0.717, 1.165) is 18.9 Å². The highest BCUT2D eigenvalue weighted by Crippen LogP contribution is 2.29. The summed E-state index contributed by atoms with van der Waals surface area (Å²) in [6, 6.07) is 19.9. The van der Waals surface area contributed by atoms with E-state index < -0.39 is 5.97 Å². The average molecular weight is 512 g/mol. The van der Waals surface area contributed by atoms with Gasteiger partial charge in [-0.25, -0.2) is 4.39 Å². The molecule has 200 valence electrons. The summed E-state index contributed by atoms with van der Waals surface area (Å²) in [6.45, 7) is 6.08. The molecule has 3 aromatic rings. The van der Waals surface area contributed by atoms with E-state index in [4.69, 9.17) is 19.7 Å². The summed E-state index contributed by atoms with van der Waals surface area (Å²) in [5, 5.41) is 15.4. The fourth-order valence-corrected chi connectivity index (χ4v) is 4.03. The Morgan fingerprint density at radius 1 is 1.00 bits per heavy atom. The SMILES string of the molecule is CC(=O)O.COCCO.COc1ccc(F)c(-c2ccc(Cc3ccc(N4CCCC4)cc3)c(C)c2)c1. The second-order valence-electron chi connectivity index (χ2n) is 8.76. The lowest BCUT2D eigenvalue weighted by Gasteiger charge is -2.18. The summed E-state index contributed by atoms with van der Waals surface area (Å²) in [7, 11) is 3.15. The summed E-state index contributed by atoms with van der Waals surface area (Å²) in [5.74, 6) is -0.401. The molecule has 7 heteroatoms. The Hall–Kier alpha value is -3.42. The average Bonchev–Trinajstić information content (AvgIpc) is 3.42. The maximum absolute atomic E-state index is 14.3. The first-order valence-electron chi connectivity index (χ1n) is 12.4. The predicted molar refractivity (Wildman–Crippen MR) is 146 cm³/mol. The highest BCUT2D eigenvalue weighted by molar-refractivity contribution is 5.67. The second kappa shape index (κ2) is 15.6. The lowest BCUT2D eigenvalue weighted by molar-refractivity contribution is -0.134. The number of aliphatic hydroxyl groups excluding tert-OH is 1. The third kappa shape index (κ3) is 9.86. The number of hydrogen-bond acceptors (Lipinski definition) is 5. The number of aliphatic hydroxyl groups is 1. The number of methoxy groups -OCH3 is 2. The van der Waals surface area contributed by atoms with Crippen LogP contribution in [0.2, 0.25) is 0 Å². The molecule has 37 heavy (non-hydrogen) atoms. The molecule has 0 amide bonds. The van der Waals surface area contributed by atoms with Gasteiger partial charge in [0.05, 0.1) is 20.3 Å². The van der Waals surface area contributed by atoms with Crippen molar-refractivity contribution in [1.82, 2.24) is 0 Å². The normalized spacial score (nSPS) is 12.2. The molecule has 1 aliphatic heterocycles. The van der Waals surface area contributed by atoms with Crippen molar-refractivity contribution in [2.24, 2.45) is 0 Å². The Morgan fingerprint density at radius 3 is 2.16 bits per heavy atom. The summed E-state index contributed by atoms with van der Waals surface area (Å²) < 4.78 is 24.0. The highest BCUT2D eigenvalue weighted by Gasteiger charge is 2.12. The highest BCUT2D eigenvalue weighted by atomic mass is 19.1. The zero-order valence-electron chi connectivity index (χ0n) is 22.2. The summed E-state index contributed by atoms with van der Waals surface area (Å²) in [4.78, 5) is 11.5.